The molecule has 246 valence electrons. The van der Waals surface area contributed by atoms with E-state index in [1.807, 2.05) is 36.4 Å². The molecule has 0 radical (unpaired) electrons. The maximum Gasteiger partial charge on any atom is 0.256 e. The summed E-state index contributed by atoms with van der Waals surface area (Å²) < 4.78 is 0. The van der Waals surface area contributed by atoms with E-state index in [0.717, 1.165) is 74.8 Å². The molecule has 1 aliphatic heterocycles. The zero-order chi connectivity index (χ0) is 34.8. The third-order valence-corrected chi connectivity index (χ3v) is 11.2. The summed E-state index contributed by atoms with van der Waals surface area (Å²) in [6.07, 6.45) is 5.73. The van der Waals surface area contributed by atoms with Crippen LogP contribution in [-0.4, -0.2) is 4.98 Å². The smallest absolute Gasteiger partial charge is 0.256 e. The van der Waals surface area contributed by atoms with Gasteiger partial charge in [0, 0.05) is 33.2 Å². The van der Waals surface area contributed by atoms with Crippen molar-refractivity contribution in [3.8, 4) is 17.2 Å². The van der Waals surface area contributed by atoms with Gasteiger partial charge in [-0.3, -0.25) is 9.79 Å². The van der Waals surface area contributed by atoms with E-state index in [0.29, 0.717) is 10.9 Å². The second kappa shape index (κ2) is 12.0. The van der Waals surface area contributed by atoms with Crippen molar-refractivity contribution in [2.75, 3.05) is 0 Å². The van der Waals surface area contributed by atoms with E-state index in [2.05, 4.69) is 114 Å². The third-order valence-electron chi connectivity index (χ3n) is 11.2. The first-order chi connectivity index (χ1) is 25.7. The van der Waals surface area contributed by atoms with E-state index >= 15 is 0 Å². The van der Waals surface area contributed by atoms with Gasteiger partial charge >= 0.3 is 0 Å². The number of aromatic nitrogens is 1. The molecule has 0 bridgehead atoms. The lowest BCUT2D eigenvalue weighted by Gasteiger charge is -2.19. The second-order valence-electron chi connectivity index (χ2n) is 14.0. The van der Waals surface area contributed by atoms with Crippen LogP contribution in [0.15, 0.2) is 155 Å². The molecule has 1 atom stereocenters. The fourth-order valence-corrected chi connectivity index (χ4v) is 8.96. The van der Waals surface area contributed by atoms with E-state index in [9.17, 15) is 10.1 Å². The topological polar surface area (TPSA) is 69.0 Å². The van der Waals surface area contributed by atoms with Gasteiger partial charge in [-0.25, -0.2) is 0 Å². The van der Waals surface area contributed by atoms with Gasteiger partial charge in [0.1, 0.15) is 0 Å². The average molecular weight is 668 g/mol. The van der Waals surface area contributed by atoms with Crippen molar-refractivity contribution in [2.24, 2.45) is 4.99 Å². The number of para-hydroxylation sites is 1. The van der Waals surface area contributed by atoms with Crippen molar-refractivity contribution in [3.05, 3.63) is 188 Å². The summed E-state index contributed by atoms with van der Waals surface area (Å²) in [6.45, 7) is 0. The van der Waals surface area contributed by atoms with Crippen LogP contribution in [0.4, 0.5) is 0 Å². The first-order valence-electron chi connectivity index (χ1n) is 18.1. The predicted octanol–water partition coefficient (Wildman–Crippen LogP) is 9.95. The number of pyridine rings is 1. The zero-order valence-electron chi connectivity index (χ0n) is 28.5. The fourth-order valence-electron chi connectivity index (χ4n) is 8.96. The van der Waals surface area contributed by atoms with E-state index in [1.165, 1.54) is 38.4 Å². The van der Waals surface area contributed by atoms with Crippen LogP contribution < -0.4 is 16.1 Å². The van der Waals surface area contributed by atoms with Crippen molar-refractivity contribution in [3.63, 3.8) is 0 Å². The van der Waals surface area contributed by atoms with Crippen LogP contribution in [0.25, 0.3) is 59.9 Å². The summed E-state index contributed by atoms with van der Waals surface area (Å²) >= 11 is 0. The third kappa shape index (κ3) is 4.67. The molecule has 4 heteroatoms. The Morgan fingerprint density at radius 3 is 2.31 bits per heavy atom. The molecule has 1 unspecified atom stereocenters. The Hall–Kier alpha value is -6.57. The standard InChI is InChI=1S/C48H33N3O/c49-28-29-11-9-13-31(27-29)33-21-10-14-32(50-42-22-8-7-16-35(33)42)24-26-40-39-25-23-30-12-1-2-15-34(30)43(39)46-44(40)36-17-3-4-18-37(36)45-38-19-5-6-20-41(38)48(52)51-47(45)46/h1-9,11-20,22-23,25,27,40H,10,21,24,26H2,(H,51,52)/b32-14-,35-33+,50-42-. The number of allylic oxidation sites excluding steroid dienone is 2. The Labute approximate surface area is 300 Å². The Bertz CT molecular complexity index is 3070. The number of aromatic amines is 1. The number of hydrogen-bond acceptors (Lipinski definition) is 3. The van der Waals surface area contributed by atoms with Gasteiger partial charge in [-0.05, 0) is 105 Å². The highest BCUT2D eigenvalue weighted by Crippen LogP contribution is 2.55. The quantitative estimate of drug-likeness (QED) is 0.190. The first kappa shape index (κ1) is 30.3. The largest absolute Gasteiger partial charge is 0.321 e. The Kier molecular flexibility index (Phi) is 7.01. The lowest BCUT2D eigenvalue weighted by Crippen LogP contribution is -2.28. The molecule has 1 N–H and O–H groups in total. The normalized spacial score (nSPS) is 17.7. The van der Waals surface area contributed by atoms with Gasteiger partial charge in [-0.1, -0.05) is 115 Å². The van der Waals surface area contributed by atoms with E-state index in [1.54, 1.807) is 0 Å². The van der Waals surface area contributed by atoms with Crippen LogP contribution >= 0.6 is 0 Å². The fraction of sp³-hybridized carbons (Fsp3) is 0.104. The highest BCUT2D eigenvalue weighted by molar-refractivity contribution is 6.26. The molecule has 0 saturated heterocycles. The minimum Gasteiger partial charge on any atom is -0.321 e. The van der Waals surface area contributed by atoms with Gasteiger partial charge in [0.25, 0.3) is 5.56 Å². The Balaban J connectivity index is 1.17. The molecular weight excluding hydrogens is 635 g/mol. The molecule has 0 fully saturated rings. The maximum atomic E-state index is 13.7. The summed E-state index contributed by atoms with van der Waals surface area (Å²) in [5, 5.41) is 19.3. The van der Waals surface area contributed by atoms with Gasteiger partial charge in [0.15, 0.2) is 0 Å². The molecule has 7 aromatic carbocycles. The SMILES string of the molecule is N#Cc1cccc(\C2=c3/cccc/c3=N/C(CCC3c4ccc5ccccc5c4-c4c3c3ccccc3c3c4[nH]c(=O)c4ccccc43)=C\CC2)c1. The van der Waals surface area contributed by atoms with Crippen LogP contribution in [0.3, 0.4) is 0 Å². The van der Waals surface area contributed by atoms with Crippen LogP contribution in [0.2, 0.25) is 0 Å². The molecule has 4 nitrogen and oxygen atoms in total. The number of nitriles is 1. The molecule has 0 spiro atoms. The van der Waals surface area contributed by atoms with Crippen LogP contribution in [0.5, 0.6) is 0 Å². The molecule has 10 rings (SSSR count). The van der Waals surface area contributed by atoms with Gasteiger partial charge in [0.2, 0.25) is 0 Å². The monoisotopic (exact) mass is 667 g/mol. The highest BCUT2D eigenvalue weighted by atomic mass is 16.1. The minimum absolute atomic E-state index is 0.0570. The molecule has 52 heavy (non-hydrogen) atoms. The van der Waals surface area contributed by atoms with E-state index in [4.69, 9.17) is 4.99 Å². The molecular formula is C48H33N3O. The summed E-state index contributed by atoms with van der Waals surface area (Å²) in [7, 11) is 0. The number of fused-ring (bicyclic) bond motifs is 13. The summed E-state index contributed by atoms with van der Waals surface area (Å²) in [6, 6.07) is 48.5. The van der Waals surface area contributed by atoms with E-state index in [-0.39, 0.29) is 11.5 Å². The summed E-state index contributed by atoms with van der Waals surface area (Å²) in [4.78, 5) is 22.5. The maximum absolute atomic E-state index is 13.7. The van der Waals surface area contributed by atoms with Crippen molar-refractivity contribution in [1.82, 2.24) is 4.98 Å². The Morgan fingerprint density at radius 1 is 0.731 bits per heavy atom. The number of benzene rings is 7. The predicted molar refractivity (Wildman–Crippen MR) is 212 cm³/mol. The summed E-state index contributed by atoms with van der Waals surface area (Å²) in [5.74, 6) is 0.117. The van der Waals surface area contributed by atoms with Crippen LogP contribution in [0.1, 0.15) is 53.9 Å². The average Bonchev–Trinajstić information content (AvgIpc) is 3.53. The number of hydrogen-bond donors (Lipinski definition) is 1. The molecule has 1 aromatic heterocycles. The lowest BCUT2D eigenvalue weighted by molar-refractivity contribution is 0.718. The number of rotatable bonds is 4. The van der Waals surface area contributed by atoms with E-state index < -0.39 is 0 Å². The number of H-pyrrole nitrogens is 1. The molecule has 1 aliphatic carbocycles. The molecule has 0 amide bonds. The molecule has 8 aromatic rings. The second-order valence-corrected chi connectivity index (χ2v) is 14.0. The first-order valence-corrected chi connectivity index (χ1v) is 18.1. The van der Waals surface area contributed by atoms with Gasteiger partial charge in [0.05, 0.1) is 22.5 Å². The Morgan fingerprint density at radius 2 is 1.46 bits per heavy atom. The summed E-state index contributed by atoms with van der Waals surface area (Å²) in [5.41, 5.74) is 9.90. The number of nitrogens with one attached hydrogen (secondary N) is 1. The van der Waals surface area contributed by atoms with Crippen molar-refractivity contribution in [1.29, 1.82) is 5.26 Å². The zero-order valence-corrected chi connectivity index (χ0v) is 28.5. The minimum atomic E-state index is -0.0570. The molecule has 2 aliphatic rings. The van der Waals surface area contributed by atoms with Gasteiger partial charge < -0.3 is 4.98 Å². The van der Waals surface area contributed by atoms with Crippen molar-refractivity contribution < 1.29 is 0 Å². The van der Waals surface area contributed by atoms with Gasteiger partial charge in [-0.2, -0.15) is 5.26 Å². The van der Waals surface area contributed by atoms with Gasteiger partial charge in [-0.15, -0.1) is 0 Å². The van der Waals surface area contributed by atoms with Crippen LogP contribution in [-0.2, 0) is 0 Å². The highest BCUT2D eigenvalue weighted by Gasteiger charge is 2.34. The molecule has 0 saturated carbocycles. The van der Waals surface area contributed by atoms with Crippen molar-refractivity contribution in [2.45, 2.75) is 31.6 Å². The molecule has 2 heterocycles. The van der Waals surface area contributed by atoms with Crippen molar-refractivity contribution >= 4 is 48.8 Å². The van der Waals surface area contributed by atoms with Crippen LogP contribution in [0, 0.1) is 11.3 Å². The lowest BCUT2D eigenvalue weighted by atomic mass is 9.86. The number of nitrogens with zero attached hydrogens (tertiary/aromatic N) is 2.